The van der Waals surface area contributed by atoms with Crippen molar-refractivity contribution < 1.29 is 27.4 Å². The predicted octanol–water partition coefficient (Wildman–Crippen LogP) is 2.87. The zero-order chi connectivity index (χ0) is 13.3. The summed E-state index contributed by atoms with van der Waals surface area (Å²) in [7, 11) is 0. The predicted molar refractivity (Wildman–Crippen MR) is 55.7 cm³/mol. The Morgan fingerprint density at radius 3 is 2.28 bits per heavy atom. The topological polar surface area (TPSA) is 29.5 Å². The molecular formula is C12H12F4O2. The van der Waals surface area contributed by atoms with Crippen LogP contribution >= 0.6 is 0 Å². The molecule has 1 aliphatic rings. The molecule has 1 heterocycles. The van der Waals surface area contributed by atoms with Crippen molar-refractivity contribution in [1.29, 1.82) is 0 Å². The lowest BCUT2D eigenvalue weighted by atomic mass is 10.0. The van der Waals surface area contributed by atoms with Crippen molar-refractivity contribution in [3.8, 4) is 0 Å². The summed E-state index contributed by atoms with van der Waals surface area (Å²) in [4.78, 5) is 0. The molecule has 18 heavy (non-hydrogen) atoms. The van der Waals surface area contributed by atoms with Crippen LogP contribution in [0.4, 0.5) is 17.6 Å². The van der Waals surface area contributed by atoms with Gasteiger partial charge in [0.25, 0.3) is 0 Å². The highest BCUT2D eigenvalue weighted by Crippen LogP contribution is 2.36. The van der Waals surface area contributed by atoms with E-state index in [0.717, 1.165) is 12.1 Å². The Kier molecular flexibility index (Phi) is 3.59. The third-order valence-electron chi connectivity index (χ3n) is 2.93. The van der Waals surface area contributed by atoms with Crippen molar-refractivity contribution in [2.75, 3.05) is 6.61 Å². The summed E-state index contributed by atoms with van der Waals surface area (Å²) >= 11 is 0. The van der Waals surface area contributed by atoms with Crippen LogP contribution in [0.1, 0.15) is 23.7 Å². The van der Waals surface area contributed by atoms with Crippen molar-refractivity contribution in [3.63, 3.8) is 0 Å². The zero-order valence-electron chi connectivity index (χ0n) is 9.32. The number of hydrogen-bond acceptors (Lipinski definition) is 2. The first-order chi connectivity index (χ1) is 8.41. The quantitative estimate of drug-likeness (QED) is 0.832. The van der Waals surface area contributed by atoms with Crippen molar-refractivity contribution >= 4 is 0 Å². The van der Waals surface area contributed by atoms with E-state index in [2.05, 4.69) is 0 Å². The molecule has 3 unspecified atom stereocenters. The fourth-order valence-corrected chi connectivity index (χ4v) is 1.99. The first-order valence-corrected chi connectivity index (χ1v) is 5.49. The van der Waals surface area contributed by atoms with Crippen LogP contribution < -0.4 is 0 Å². The fourth-order valence-electron chi connectivity index (χ4n) is 1.99. The second-order valence-corrected chi connectivity index (χ2v) is 4.23. The molecule has 100 valence electrons. The van der Waals surface area contributed by atoms with Gasteiger partial charge in [-0.05, 0) is 17.7 Å². The van der Waals surface area contributed by atoms with E-state index < -0.39 is 30.1 Å². The maximum absolute atomic E-state index is 13.6. The summed E-state index contributed by atoms with van der Waals surface area (Å²) in [5.74, 6) is 0. The Labute approximate surface area is 101 Å². The van der Waals surface area contributed by atoms with Gasteiger partial charge >= 0.3 is 6.18 Å². The smallest absolute Gasteiger partial charge is 0.394 e. The number of ether oxygens (including phenoxy) is 1. The Bertz CT molecular complexity index is 402. The molecule has 0 aliphatic carbocycles. The molecule has 0 amide bonds. The number of aliphatic hydroxyl groups is 1. The second kappa shape index (κ2) is 4.85. The monoisotopic (exact) mass is 264 g/mol. The van der Waals surface area contributed by atoms with Gasteiger partial charge in [-0.25, -0.2) is 4.39 Å². The molecule has 0 saturated carbocycles. The van der Waals surface area contributed by atoms with Crippen LogP contribution in [0, 0.1) is 0 Å². The van der Waals surface area contributed by atoms with E-state index in [1.807, 2.05) is 0 Å². The lowest BCUT2D eigenvalue weighted by Gasteiger charge is -2.15. The van der Waals surface area contributed by atoms with Crippen LogP contribution in [0.3, 0.4) is 0 Å². The average molecular weight is 264 g/mol. The maximum Gasteiger partial charge on any atom is 0.416 e. The molecule has 0 aromatic heterocycles. The van der Waals surface area contributed by atoms with Gasteiger partial charge < -0.3 is 9.84 Å². The summed E-state index contributed by atoms with van der Waals surface area (Å²) in [5, 5.41) is 8.86. The maximum atomic E-state index is 13.6. The van der Waals surface area contributed by atoms with E-state index in [0.29, 0.717) is 5.56 Å². The van der Waals surface area contributed by atoms with Gasteiger partial charge in [-0.15, -0.1) is 0 Å². The van der Waals surface area contributed by atoms with Gasteiger partial charge in [-0.3, -0.25) is 0 Å². The van der Waals surface area contributed by atoms with Gasteiger partial charge in [0.15, 0.2) is 0 Å². The number of alkyl halides is 4. The normalized spacial score (nSPS) is 28.6. The summed E-state index contributed by atoms with van der Waals surface area (Å²) in [6, 6.07) is 4.22. The molecule has 1 aromatic carbocycles. The third kappa shape index (κ3) is 2.64. The highest BCUT2D eigenvalue weighted by Gasteiger charge is 2.37. The van der Waals surface area contributed by atoms with E-state index in [-0.39, 0.29) is 13.0 Å². The summed E-state index contributed by atoms with van der Waals surface area (Å²) in [6.07, 6.45) is -7.14. The average Bonchev–Trinajstić information content (AvgIpc) is 2.70. The van der Waals surface area contributed by atoms with Gasteiger partial charge in [0.05, 0.1) is 18.3 Å². The number of benzene rings is 1. The number of aliphatic hydroxyl groups excluding tert-OH is 1. The van der Waals surface area contributed by atoms with Gasteiger partial charge in [0.2, 0.25) is 0 Å². The highest BCUT2D eigenvalue weighted by molar-refractivity contribution is 5.27. The highest BCUT2D eigenvalue weighted by atomic mass is 19.4. The minimum atomic E-state index is -4.40. The molecule has 1 fully saturated rings. The van der Waals surface area contributed by atoms with Crippen LogP contribution in [0.5, 0.6) is 0 Å². The molecule has 0 bridgehead atoms. The zero-order valence-corrected chi connectivity index (χ0v) is 9.32. The van der Waals surface area contributed by atoms with Crippen LogP contribution in [0.2, 0.25) is 0 Å². The van der Waals surface area contributed by atoms with E-state index in [4.69, 9.17) is 9.84 Å². The van der Waals surface area contributed by atoms with Crippen molar-refractivity contribution in [2.24, 2.45) is 0 Å². The van der Waals surface area contributed by atoms with Crippen LogP contribution in [0.15, 0.2) is 24.3 Å². The fraction of sp³-hybridized carbons (Fsp3) is 0.500. The molecular weight excluding hydrogens is 252 g/mol. The number of hydrogen-bond donors (Lipinski definition) is 1. The Morgan fingerprint density at radius 2 is 1.83 bits per heavy atom. The van der Waals surface area contributed by atoms with Crippen LogP contribution in [0.25, 0.3) is 0 Å². The van der Waals surface area contributed by atoms with Crippen LogP contribution in [-0.2, 0) is 10.9 Å². The Morgan fingerprint density at radius 1 is 1.22 bits per heavy atom. The van der Waals surface area contributed by atoms with E-state index in [9.17, 15) is 17.6 Å². The number of halogens is 4. The lowest BCUT2D eigenvalue weighted by Crippen LogP contribution is -2.11. The first kappa shape index (κ1) is 13.3. The molecule has 0 radical (unpaired) electrons. The van der Waals surface area contributed by atoms with Gasteiger partial charge in [0, 0.05) is 6.42 Å². The molecule has 6 heteroatoms. The molecule has 1 saturated heterocycles. The molecule has 1 aliphatic heterocycles. The van der Waals surface area contributed by atoms with Crippen molar-refractivity contribution in [1.82, 2.24) is 0 Å². The summed E-state index contributed by atoms with van der Waals surface area (Å²) in [5.41, 5.74) is -0.426. The van der Waals surface area contributed by atoms with E-state index in [1.165, 1.54) is 12.1 Å². The van der Waals surface area contributed by atoms with Crippen molar-refractivity contribution in [2.45, 2.75) is 31.0 Å². The van der Waals surface area contributed by atoms with Gasteiger partial charge in [-0.2, -0.15) is 13.2 Å². The largest absolute Gasteiger partial charge is 0.416 e. The van der Waals surface area contributed by atoms with Gasteiger partial charge in [0.1, 0.15) is 12.3 Å². The lowest BCUT2D eigenvalue weighted by molar-refractivity contribution is -0.137. The molecule has 0 spiro atoms. The summed E-state index contributed by atoms with van der Waals surface area (Å²) < 4.78 is 55.9. The Hall–Kier alpha value is -1.14. The molecule has 1 aromatic rings. The standard InChI is InChI=1S/C12H12F4O2/c13-10-5-9(6-17)18-11(10)7-1-3-8(4-2-7)12(14,15)16/h1-4,9-11,17H,5-6H2. The summed E-state index contributed by atoms with van der Waals surface area (Å²) in [6.45, 7) is -0.294. The van der Waals surface area contributed by atoms with Crippen molar-refractivity contribution in [3.05, 3.63) is 35.4 Å². The minimum absolute atomic E-state index is 0.0577. The molecule has 2 rings (SSSR count). The van der Waals surface area contributed by atoms with Gasteiger partial charge in [-0.1, -0.05) is 12.1 Å². The SMILES string of the molecule is OCC1CC(F)C(c2ccc(C(F)(F)F)cc2)O1. The van der Waals surface area contributed by atoms with Crippen LogP contribution in [-0.4, -0.2) is 24.0 Å². The molecule has 2 nitrogen and oxygen atoms in total. The molecule has 3 atom stereocenters. The molecule has 1 N–H and O–H groups in total. The Balaban J connectivity index is 2.15. The van der Waals surface area contributed by atoms with E-state index in [1.54, 1.807) is 0 Å². The second-order valence-electron chi connectivity index (χ2n) is 4.23. The first-order valence-electron chi connectivity index (χ1n) is 5.49. The number of rotatable bonds is 2. The minimum Gasteiger partial charge on any atom is -0.394 e. The third-order valence-corrected chi connectivity index (χ3v) is 2.93. The van der Waals surface area contributed by atoms with E-state index >= 15 is 0 Å².